The van der Waals surface area contributed by atoms with E-state index in [1.54, 1.807) is 0 Å². The highest BCUT2D eigenvalue weighted by Gasteiger charge is 2.20. The highest BCUT2D eigenvalue weighted by Crippen LogP contribution is 2.34. The Morgan fingerprint density at radius 3 is 2.48 bits per heavy atom. The number of aromatic nitrogens is 1. The summed E-state index contributed by atoms with van der Waals surface area (Å²) in [6.45, 7) is 12.8. The van der Waals surface area contributed by atoms with Crippen LogP contribution in [0.4, 0.5) is 5.69 Å². The summed E-state index contributed by atoms with van der Waals surface area (Å²) in [7, 11) is 0. The van der Waals surface area contributed by atoms with Gasteiger partial charge in [0.2, 0.25) is 0 Å². The lowest BCUT2D eigenvalue weighted by Crippen LogP contribution is -2.15. The van der Waals surface area contributed by atoms with Gasteiger partial charge in [0.15, 0.2) is 0 Å². The first kappa shape index (κ1) is 17.7. The molecule has 1 N–H and O–H groups in total. The van der Waals surface area contributed by atoms with Crippen LogP contribution in [0.5, 0.6) is 0 Å². The van der Waals surface area contributed by atoms with Gasteiger partial charge in [0.05, 0.1) is 10.7 Å². The van der Waals surface area contributed by atoms with Crippen molar-refractivity contribution in [3.05, 3.63) is 45.4 Å². The zero-order chi connectivity index (χ0) is 17.2. The number of nitrogens with one attached hydrogen (secondary N) is 1. The van der Waals surface area contributed by atoms with E-state index in [9.17, 15) is 4.79 Å². The Morgan fingerprint density at radius 1 is 1.26 bits per heavy atom. The van der Waals surface area contributed by atoms with Crippen LogP contribution in [0.25, 0.3) is 0 Å². The van der Waals surface area contributed by atoms with Gasteiger partial charge < -0.3 is 5.32 Å². The van der Waals surface area contributed by atoms with E-state index >= 15 is 0 Å². The van der Waals surface area contributed by atoms with Gasteiger partial charge in [-0.25, -0.2) is 4.98 Å². The average Bonchev–Trinajstić information content (AvgIpc) is 2.76. The fourth-order valence-corrected chi connectivity index (χ4v) is 3.81. The van der Waals surface area contributed by atoms with Crippen molar-refractivity contribution in [2.75, 3.05) is 5.32 Å². The molecule has 0 saturated heterocycles. The number of amides is 1. The number of aryl methyl sites for hydroxylation is 2. The van der Waals surface area contributed by atoms with Gasteiger partial charge >= 0.3 is 0 Å². The summed E-state index contributed by atoms with van der Waals surface area (Å²) in [4.78, 5) is 17.6. The maximum absolute atomic E-state index is 12.6. The van der Waals surface area contributed by atoms with E-state index in [4.69, 9.17) is 0 Å². The SMILES string of the molecule is Cc1nc(C)c(C(=O)Nc2ccccc2C(C)CC(C)(C)C)s1. The summed E-state index contributed by atoms with van der Waals surface area (Å²) in [5.41, 5.74) is 3.14. The molecular formula is C19H26N2OS. The Kier molecular flexibility index (Phi) is 5.25. The van der Waals surface area contributed by atoms with Crippen LogP contribution in [-0.2, 0) is 0 Å². The van der Waals surface area contributed by atoms with E-state index in [2.05, 4.69) is 44.1 Å². The molecule has 0 fully saturated rings. The first-order valence-corrected chi connectivity index (χ1v) is 8.83. The molecule has 4 heteroatoms. The van der Waals surface area contributed by atoms with Gasteiger partial charge in [-0.2, -0.15) is 0 Å². The normalized spacial score (nSPS) is 13.0. The lowest BCUT2D eigenvalue weighted by Gasteiger charge is -2.25. The molecule has 2 aromatic rings. The van der Waals surface area contributed by atoms with Crippen molar-refractivity contribution < 1.29 is 4.79 Å². The van der Waals surface area contributed by atoms with Crippen LogP contribution in [-0.4, -0.2) is 10.9 Å². The number of anilines is 1. The molecule has 23 heavy (non-hydrogen) atoms. The number of carbonyl (C=O) groups is 1. The molecule has 1 atom stereocenters. The third-order valence-electron chi connectivity index (χ3n) is 3.77. The number of thiazole rings is 1. The van der Waals surface area contributed by atoms with Crippen LogP contribution in [0.1, 0.15) is 66.0 Å². The standard InChI is InChI=1S/C19H26N2OS/c1-12(11-19(4,5)6)15-9-7-8-10-16(15)21-18(22)17-13(2)20-14(3)23-17/h7-10,12H,11H2,1-6H3,(H,21,22). The summed E-state index contributed by atoms with van der Waals surface area (Å²) in [6, 6.07) is 8.09. The van der Waals surface area contributed by atoms with E-state index in [0.717, 1.165) is 22.8 Å². The predicted molar refractivity (Wildman–Crippen MR) is 98.5 cm³/mol. The molecule has 0 aliphatic rings. The number of rotatable bonds is 4. The van der Waals surface area contributed by atoms with Crippen LogP contribution in [0.2, 0.25) is 0 Å². The van der Waals surface area contributed by atoms with E-state index in [0.29, 0.717) is 10.8 Å². The number of benzene rings is 1. The van der Waals surface area contributed by atoms with Crippen molar-refractivity contribution in [3.8, 4) is 0 Å². The fourth-order valence-electron chi connectivity index (χ4n) is 2.99. The monoisotopic (exact) mass is 330 g/mol. The van der Waals surface area contributed by atoms with Crippen molar-refractivity contribution in [3.63, 3.8) is 0 Å². The van der Waals surface area contributed by atoms with Crippen LogP contribution >= 0.6 is 11.3 Å². The molecule has 0 radical (unpaired) electrons. The van der Waals surface area contributed by atoms with Crippen LogP contribution in [0.15, 0.2) is 24.3 Å². The Labute approximate surface area is 143 Å². The lowest BCUT2D eigenvalue weighted by molar-refractivity contribution is 0.102. The molecule has 1 aromatic heterocycles. The minimum absolute atomic E-state index is 0.0662. The molecule has 1 amide bonds. The van der Waals surface area contributed by atoms with Gasteiger partial charge in [-0.05, 0) is 43.2 Å². The molecule has 3 nitrogen and oxygen atoms in total. The lowest BCUT2D eigenvalue weighted by atomic mass is 9.82. The molecule has 1 heterocycles. The second kappa shape index (κ2) is 6.83. The molecule has 0 aliphatic heterocycles. The summed E-state index contributed by atoms with van der Waals surface area (Å²) < 4.78 is 0. The minimum Gasteiger partial charge on any atom is -0.321 e. The van der Waals surface area contributed by atoms with Crippen LogP contribution in [0, 0.1) is 19.3 Å². The predicted octanol–water partition coefficient (Wildman–Crippen LogP) is 5.55. The molecule has 0 saturated carbocycles. The zero-order valence-electron chi connectivity index (χ0n) is 14.9. The van der Waals surface area contributed by atoms with Crippen LogP contribution in [0.3, 0.4) is 0 Å². The molecular weight excluding hydrogens is 304 g/mol. The topological polar surface area (TPSA) is 42.0 Å². The Bertz CT molecular complexity index is 698. The summed E-state index contributed by atoms with van der Waals surface area (Å²) in [5.74, 6) is 0.319. The highest BCUT2D eigenvalue weighted by atomic mass is 32.1. The molecule has 0 aliphatic carbocycles. The van der Waals surface area contributed by atoms with Crippen molar-refractivity contribution in [1.82, 2.24) is 4.98 Å². The van der Waals surface area contributed by atoms with Crippen LogP contribution < -0.4 is 5.32 Å². The van der Waals surface area contributed by atoms with Gasteiger partial charge in [-0.15, -0.1) is 11.3 Å². The second-order valence-corrected chi connectivity index (χ2v) is 8.56. The number of hydrogen-bond acceptors (Lipinski definition) is 3. The fraction of sp³-hybridized carbons (Fsp3) is 0.474. The number of para-hydroxylation sites is 1. The Morgan fingerprint density at radius 2 is 1.91 bits per heavy atom. The van der Waals surface area contributed by atoms with Gasteiger partial charge in [0, 0.05) is 5.69 Å². The van der Waals surface area contributed by atoms with E-state index < -0.39 is 0 Å². The molecule has 124 valence electrons. The third-order valence-corrected chi connectivity index (χ3v) is 4.84. The molecule has 0 spiro atoms. The average molecular weight is 330 g/mol. The van der Waals surface area contributed by atoms with Gasteiger partial charge in [-0.3, -0.25) is 4.79 Å². The van der Waals surface area contributed by atoms with E-state index in [1.807, 2.05) is 32.0 Å². The van der Waals surface area contributed by atoms with E-state index in [1.165, 1.54) is 16.9 Å². The second-order valence-electron chi connectivity index (χ2n) is 7.35. The first-order valence-electron chi connectivity index (χ1n) is 8.01. The minimum atomic E-state index is -0.0662. The summed E-state index contributed by atoms with van der Waals surface area (Å²) >= 11 is 1.44. The molecule has 2 rings (SSSR count). The van der Waals surface area contributed by atoms with Crippen molar-refractivity contribution in [2.24, 2.45) is 5.41 Å². The smallest absolute Gasteiger partial charge is 0.267 e. The number of hydrogen-bond donors (Lipinski definition) is 1. The maximum Gasteiger partial charge on any atom is 0.267 e. The zero-order valence-corrected chi connectivity index (χ0v) is 15.7. The van der Waals surface area contributed by atoms with Gasteiger partial charge in [0.25, 0.3) is 5.91 Å². The summed E-state index contributed by atoms with van der Waals surface area (Å²) in [5, 5.41) is 4.00. The van der Waals surface area contributed by atoms with Crippen molar-refractivity contribution >= 4 is 22.9 Å². The van der Waals surface area contributed by atoms with Crippen molar-refractivity contribution in [2.45, 2.75) is 53.9 Å². The third kappa shape index (κ3) is 4.64. The number of carbonyl (C=O) groups excluding carboxylic acids is 1. The summed E-state index contributed by atoms with van der Waals surface area (Å²) in [6.07, 6.45) is 1.07. The van der Waals surface area contributed by atoms with Gasteiger partial charge in [0.1, 0.15) is 4.88 Å². The largest absolute Gasteiger partial charge is 0.321 e. The Hall–Kier alpha value is -1.68. The quantitative estimate of drug-likeness (QED) is 0.798. The van der Waals surface area contributed by atoms with E-state index in [-0.39, 0.29) is 11.3 Å². The molecule has 1 aromatic carbocycles. The molecule has 0 bridgehead atoms. The van der Waals surface area contributed by atoms with Crippen molar-refractivity contribution in [1.29, 1.82) is 0 Å². The first-order chi connectivity index (χ1) is 10.7. The maximum atomic E-state index is 12.6. The highest BCUT2D eigenvalue weighted by molar-refractivity contribution is 7.13. The Balaban J connectivity index is 2.24. The molecule has 1 unspecified atom stereocenters. The number of nitrogens with zero attached hydrogens (tertiary/aromatic N) is 1. The van der Waals surface area contributed by atoms with Gasteiger partial charge in [-0.1, -0.05) is 45.9 Å².